The summed E-state index contributed by atoms with van der Waals surface area (Å²) in [5, 5.41) is 0. The van der Waals surface area contributed by atoms with Crippen LogP contribution in [0.15, 0.2) is 0 Å². The Hall–Kier alpha value is 0.1000. The molecule has 0 spiro atoms. The first-order valence-corrected chi connectivity index (χ1v) is 6.47. The molecule has 0 aromatic rings. The standard InChI is InChI=1S/C10H12F9I/c1-6(2,3)5(20)4-7(11,12)8(13,14)9(15,16)10(17,18)19/h5H,4H2,1-3H3/t5-/m0/s1. The maximum atomic E-state index is 13.3. The highest BCUT2D eigenvalue weighted by molar-refractivity contribution is 14.1. The van der Waals surface area contributed by atoms with Crippen molar-refractivity contribution in [1.82, 2.24) is 0 Å². The Labute approximate surface area is 123 Å². The molecule has 0 rings (SSSR count). The van der Waals surface area contributed by atoms with Crippen LogP contribution in [-0.4, -0.2) is 27.9 Å². The second-order valence-electron chi connectivity index (χ2n) is 5.39. The topological polar surface area (TPSA) is 0 Å². The van der Waals surface area contributed by atoms with Crippen molar-refractivity contribution in [2.45, 2.75) is 55.1 Å². The van der Waals surface area contributed by atoms with Gasteiger partial charge in [0.1, 0.15) is 0 Å². The van der Waals surface area contributed by atoms with E-state index in [9.17, 15) is 39.5 Å². The van der Waals surface area contributed by atoms with Gasteiger partial charge in [-0.15, -0.1) is 0 Å². The van der Waals surface area contributed by atoms with Crippen LogP contribution < -0.4 is 0 Å². The maximum absolute atomic E-state index is 13.3. The lowest BCUT2D eigenvalue weighted by Gasteiger charge is -2.36. The van der Waals surface area contributed by atoms with Gasteiger partial charge in [0.2, 0.25) is 0 Å². The summed E-state index contributed by atoms with van der Waals surface area (Å²) in [6, 6.07) is 0. The summed E-state index contributed by atoms with van der Waals surface area (Å²) in [7, 11) is 0. The lowest BCUT2D eigenvalue weighted by atomic mass is 9.86. The van der Waals surface area contributed by atoms with Gasteiger partial charge in [-0.3, -0.25) is 0 Å². The van der Waals surface area contributed by atoms with Crippen LogP contribution in [-0.2, 0) is 0 Å². The first-order chi connectivity index (χ1) is 8.38. The van der Waals surface area contributed by atoms with Crippen LogP contribution in [0.25, 0.3) is 0 Å². The van der Waals surface area contributed by atoms with Gasteiger partial charge in [0.15, 0.2) is 0 Å². The van der Waals surface area contributed by atoms with Crippen LogP contribution in [0.3, 0.4) is 0 Å². The fourth-order valence-corrected chi connectivity index (χ4v) is 1.62. The molecule has 0 N–H and O–H groups in total. The first-order valence-electron chi connectivity index (χ1n) is 5.22. The van der Waals surface area contributed by atoms with E-state index in [2.05, 4.69) is 0 Å². The van der Waals surface area contributed by atoms with E-state index >= 15 is 0 Å². The predicted molar refractivity (Wildman–Crippen MR) is 62.8 cm³/mol. The molecule has 0 aromatic heterocycles. The van der Waals surface area contributed by atoms with E-state index in [1.165, 1.54) is 43.4 Å². The van der Waals surface area contributed by atoms with E-state index in [-0.39, 0.29) is 0 Å². The van der Waals surface area contributed by atoms with Crippen molar-refractivity contribution in [2.24, 2.45) is 5.41 Å². The third-order valence-electron chi connectivity index (χ3n) is 2.59. The number of hydrogen-bond acceptors (Lipinski definition) is 0. The van der Waals surface area contributed by atoms with E-state index in [1.54, 1.807) is 0 Å². The fourth-order valence-electron chi connectivity index (χ4n) is 1.07. The molecule has 0 bridgehead atoms. The number of halogens is 10. The average molecular weight is 430 g/mol. The molecule has 10 heteroatoms. The lowest BCUT2D eigenvalue weighted by Crippen LogP contribution is -2.61. The van der Waals surface area contributed by atoms with Crippen LogP contribution in [0.4, 0.5) is 39.5 Å². The molecule has 0 amide bonds. The van der Waals surface area contributed by atoms with E-state index in [1.807, 2.05) is 0 Å². The van der Waals surface area contributed by atoms with Crippen LogP contribution in [0.5, 0.6) is 0 Å². The summed E-state index contributed by atoms with van der Waals surface area (Å²) >= 11 is 1.32. The van der Waals surface area contributed by atoms with Crippen LogP contribution in [0, 0.1) is 5.41 Å². The zero-order chi connectivity index (χ0) is 16.8. The van der Waals surface area contributed by atoms with Gasteiger partial charge < -0.3 is 0 Å². The molecule has 0 aliphatic heterocycles. The third-order valence-corrected chi connectivity index (χ3v) is 4.89. The van der Waals surface area contributed by atoms with E-state index in [4.69, 9.17) is 0 Å². The molecular weight excluding hydrogens is 418 g/mol. The third kappa shape index (κ3) is 3.65. The maximum Gasteiger partial charge on any atom is 0.460 e. The highest BCUT2D eigenvalue weighted by Crippen LogP contribution is 2.55. The molecule has 20 heavy (non-hydrogen) atoms. The van der Waals surface area contributed by atoms with Crippen molar-refractivity contribution in [3.8, 4) is 0 Å². The average Bonchev–Trinajstić information content (AvgIpc) is 2.12. The summed E-state index contributed by atoms with van der Waals surface area (Å²) < 4.78 is 112. The zero-order valence-corrected chi connectivity index (χ0v) is 12.7. The molecule has 0 saturated carbocycles. The van der Waals surface area contributed by atoms with Crippen molar-refractivity contribution in [2.75, 3.05) is 0 Å². The summed E-state index contributed by atoms with van der Waals surface area (Å²) in [4.78, 5) is 0. The molecular formula is C10H12F9I. The van der Waals surface area contributed by atoms with E-state index in [0.717, 1.165) is 0 Å². The lowest BCUT2D eigenvalue weighted by molar-refractivity contribution is -0.396. The van der Waals surface area contributed by atoms with E-state index < -0.39 is 39.7 Å². The SMILES string of the molecule is CC(C)(C)[C@@H](I)CC(F)(F)C(F)(F)C(F)(F)C(F)(F)F. The van der Waals surface area contributed by atoms with Crippen molar-refractivity contribution in [3.05, 3.63) is 0 Å². The molecule has 0 aliphatic rings. The molecule has 122 valence electrons. The number of hydrogen-bond donors (Lipinski definition) is 0. The highest BCUT2D eigenvalue weighted by Gasteiger charge is 2.81. The van der Waals surface area contributed by atoms with Gasteiger partial charge in [-0.2, -0.15) is 39.5 Å². The monoisotopic (exact) mass is 430 g/mol. The second kappa shape index (κ2) is 5.38. The van der Waals surface area contributed by atoms with Crippen LogP contribution in [0.2, 0.25) is 0 Å². The van der Waals surface area contributed by atoms with Crippen LogP contribution >= 0.6 is 22.6 Å². The van der Waals surface area contributed by atoms with Gasteiger partial charge in [-0.1, -0.05) is 43.4 Å². The van der Waals surface area contributed by atoms with Gasteiger partial charge in [-0.05, 0) is 5.41 Å². The Morgan fingerprint density at radius 1 is 0.750 bits per heavy atom. The fraction of sp³-hybridized carbons (Fsp3) is 1.00. The van der Waals surface area contributed by atoms with Gasteiger partial charge in [0, 0.05) is 10.3 Å². The zero-order valence-electron chi connectivity index (χ0n) is 10.6. The minimum Gasteiger partial charge on any atom is -0.200 e. The van der Waals surface area contributed by atoms with Gasteiger partial charge in [0.25, 0.3) is 0 Å². The van der Waals surface area contributed by atoms with Crippen molar-refractivity contribution < 1.29 is 39.5 Å². The van der Waals surface area contributed by atoms with Crippen molar-refractivity contribution in [3.63, 3.8) is 0 Å². The van der Waals surface area contributed by atoms with Crippen LogP contribution in [0.1, 0.15) is 27.2 Å². The van der Waals surface area contributed by atoms with Crippen molar-refractivity contribution >= 4 is 22.6 Å². The molecule has 0 fully saturated rings. The first kappa shape index (κ1) is 20.1. The van der Waals surface area contributed by atoms with Gasteiger partial charge >= 0.3 is 23.9 Å². The molecule has 0 aromatic carbocycles. The minimum atomic E-state index is -6.81. The largest absolute Gasteiger partial charge is 0.460 e. The highest BCUT2D eigenvalue weighted by atomic mass is 127. The van der Waals surface area contributed by atoms with E-state index in [0.29, 0.717) is 0 Å². The molecule has 0 nitrogen and oxygen atoms in total. The number of alkyl halides is 10. The van der Waals surface area contributed by atoms with Gasteiger partial charge in [-0.25, -0.2) is 0 Å². The Morgan fingerprint density at radius 3 is 1.35 bits per heavy atom. The Bertz CT molecular complexity index is 340. The Kier molecular flexibility index (Phi) is 5.41. The number of rotatable bonds is 4. The summed E-state index contributed by atoms with van der Waals surface area (Å²) in [6.45, 7) is 4.13. The second-order valence-corrected chi connectivity index (χ2v) is 6.89. The Balaban J connectivity index is 5.48. The quantitative estimate of drug-likeness (QED) is 0.305. The molecule has 0 heterocycles. The summed E-state index contributed by atoms with van der Waals surface area (Å²) in [6.07, 6.45) is -8.56. The van der Waals surface area contributed by atoms with Crippen molar-refractivity contribution in [1.29, 1.82) is 0 Å². The smallest absolute Gasteiger partial charge is 0.200 e. The molecule has 0 saturated heterocycles. The summed E-state index contributed by atoms with van der Waals surface area (Å²) in [5.41, 5.74) is -0.965. The molecule has 0 unspecified atom stereocenters. The Morgan fingerprint density at radius 2 is 1.10 bits per heavy atom. The molecule has 1 atom stereocenters. The molecule has 0 aliphatic carbocycles. The minimum absolute atomic E-state index is 0.965. The predicted octanol–water partition coefficient (Wildman–Crippen LogP) is 5.69. The molecule has 0 radical (unpaired) electrons. The van der Waals surface area contributed by atoms with Gasteiger partial charge in [0.05, 0.1) is 0 Å². The summed E-state index contributed by atoms with van der Waals surface area (Å²) in [5.74, 6) is -18.8. The normalized spacial score (nSPS) is 17.2.